The Morgan fingerprint density at radius 2 is 1.92 bits per heavy atom. The predicted molar refractivity (Wildman–Crippen MR) is 101 cm³/mol. The number of hydrogen-bond donors (Lipinski definition) is 0. The molecule has 5 heteroatoms. The fraction of sp³-hybridized carbons (Fsp3) is 0.350. The smallest absolute Gasteiger partial charge is 0.260 e. The Hall–Kier alpha value is -2.14. The predicted octanol–water partition coefficient (Wildman–Crippen LogP) is 3.78. The third kappa shape index (κ3) is 4.92. The Morgan fingerprint density at radius 3 is 2.72 bits per heavy atom. The highest BCUT2D eigenvalue weighted by atomic mass is 32.2. The monoisotopic (exact) mass is 357 g/mol. The lowest BCUT2D eigenvalue weighted by Crippen LogP contribution is -2.36. The number of hydrogen-bond acceptors (Lipinski definition) is 4. The van der Waals surface area contributed by atoms with Gasteiger partial charge in [0.2, 0.25) is 0 Å². The van der Waals surface area contributed by atoms with E-state index < -0.39 is 0 Å². The summed E-state index contributed by atoms with van der Waals surface area (Å²) in [4.78, 5) is 14.4. The summed E-state index contributed by atoms with van der Waals surface area (Å²) in [6.45, 7) is 1.61. The number of nitrogens with zero attached hydrogens (tertiary/aromatic N) is 1. The van der Waals surface area contributed by atoms with Crippen LogP contribution in [-0.2, 0) is 4.79 Å². The first kappa shape index (κ1) is 17.7. The van der Waals surface area contributed by atoms with E-state index in [0.717, 1.165) is 31.0 Å². The zero-order chi connectivity index (χ0) is 17.5. The SMILES string of the molecule is COc1cccc(OCC(=O)N2CCSC(c3ccccc3)CC2)c1. The zero-order valence-corrected chi connectivity index (χ0v) is 15.2. The van der Waals surface area contributed by atoms with E-state index in [1.54, 1.807) is 13.2 Å². The van der Waals surface area contributed by atoms with E-state index in [1.807, 2.05) is 40.9 Å². The van der Waals surface area contributed by atoms with Crippen molar-refractivity contribution < 1.29 is 14.3 Å². The molecule has 1 heterocycles. The molecule has 1 unspecified atom stereocenters. The average Bonchev–Trinajstić information content (AvgIpc) is 2.93. The van der Waals surface area contributed by atoms with Crippen molar-refractivity contribution in [3.05, 3.63) is 60.2 Å². The van der Waals surface area contributed by atoms with Crippen LogP contribution in [0, 0.1) is 0 Å². The lowest BCUT2D eigenvalue weighted by Gasteiger charge is -2.20. The van der Waals surface area contributed by atoms with Crippen LogP contribution in [0.15, 0.2) is 54.6 Å². The maximum Gasteiger partial charge on any atom is 0.260 e. The van der Waals surface area contributed by atoms with E-state index >= 15 is 0 Å². The standard InChI is InChI=1S/C20H23NO3S/c1-23-17-8-5-9-18(14-17)24-15-20(22)21-11-10-19(25-13-12-21)16-6-3-2-4-7-16/h2-9,14,19H,10-13,15H2,1H3. The molecule has 132 valence electrons. The highest BCUT2D eigenvalue weighted by molar-refractivity contribution is 7.99. The summed E-state index contributed by atoms with van der Waals surface area (Å²) >= 11 is 1.93. The molecule has 0 N–H and O–H groups in total. The summed E-state index contributed by atoms with van der Waals surface area (Å²) in [5, 5.41) is 0.457. The second-order valence-electron chi connectivity index (χ2n) is 5.91. The molecule has 0 bridgehead atoms. The maximum atomic E-state index is 12.5. The number of amides is 1. The van der Waals surface area contributed by atoms with Crippen LogP contribution in [0.25, 0.3) is 0 Å². The van der Waals surface area contributed by atoms with Gasteiger partial charge in [0, 0.05) is 30.2 Å². The van der Waals surface area contributed by atoms with Crippen molar-refractivity contribution in [2.45, 2.75) is 11.7 Å². The molecule has 0 aromatic heterocycles. The van der Waals surface area contributed by atoms with Gasteiger partial charge in [-0.3, -0.25) is 4.79 Å². The number of methoxy groups -OCH3 is 1. The number of thioether (sulfide) groups is 1. The molecule has 1 atom stereocenters. The van der Waals surface area contributed by atoms with Gasteiger partial charge >= 0.3 is 0 Å². The molecule has 2 aromatic rings. The Balaban J connectivity index is 1.52. The first-order chi connectivity index (χ1) is 12.3. The van der Waals surface area contributed by atoms with Crippen LogP contribution in [0.4, 0.5) is 0 Å². The van der Waals surface area contributed by atoms with Gasteiger partial charge in [0.15, 0.2) is 6.61 Å². The van der Waals surface area contributed by atoms with E-state index in [-0.39, 0.29) is 12.5 Å². The first-order valence-corrected chi connectivity index (χ1v) is 9.52. The Bertz CT molecular complexity index is 692. The second-order valence-corrected chi connectivity index (χ2v) is 7.22. The molecule has 2 aromatic carbocycles. The Labute approximate surface area is 153 Å². The van der Waals surface area contributed by atoms with Gasteiger partial charge in [0.1, 0.15) is 11.5 Å². The van der Waals surface area contributed by atoms with Crippen molar-refractivity contribution in [1.29, 1.82) is 0 Å². The topological polar surface area (TPSA) is 38.8 Å². The summed E-state index contributed by atoms with van der Waals surface area (Å²) in [7, 11) is 1.61. The molecular formula is C20H23NO3S. The molecule has 0 saturated carbocycles. The van der Waals surface area contributed by atoms with Crippen LogP contribution in [0.2, 0.25) is 0 Å². The van der Waals surface area contributed by atoms with Crippen LogP contribution >= 0.6 is 11.8 Å². The molecule has 3 rings (SSSR count). The van der Waals surface area contributed by atoms with Crippen LogP contribution < -0.4 is 9.47 Å². The number of benzene rings is 2. The van der Waals surface area contributed by atoms with E-state index in [2.05, 4.69) is 24.3 Å². The molecule has 0 spiro atoms. The minimum Gasteiger partial charge on any atom is -0.497 e. The molecule has 0 aliphatic carbocycles. The summed E-state index contributed by atoms with van der Waals surface area (Å²) in [5.74, 6) is 2.36. The van der Waals surface area contributed by atoms with Crippen LogP contribution in [0.1, 0.15) is 17.2 Å². The molecule has 1 aliphatic heterocycles. The molecule has 0 radical (unpaired) electrons. The Kier molecular flexibility index (Phi) is 6.23. The van der Waals surface area contributed by atoms with Crippen LogP contribution in [-0.4, -0.2) is 43.4 Å². The Morgan fingerprint density at radius 1 is 1.12 bits per heavy atom. The zero-order valence-electron chi connectivity index (χ0n) is 14.4. The fourth-order valence-corrected chi connectivity index (χ4v) is 4.11. The van der Waals surface area contributed by atoms with Gasteiger partial charge in [-0.1, -0.05) is 36.4 Å². The van der Waals surface area contributed by atoms with Gasteiger partial charge in [0.05, 0.1) is 7.11 Å². The minimum atomic E-state index is 0.0390. The summed E-state index contributed by atoms with van der Waals surface area (Å²) < 4.78 is 10.8. The third-order valence-corrected chi connectivity index (χ3v) is 5.60. The molecular weight excluding hydrogens is 334 g/mol. The van der Waals surface area contributed by atoms with Gasteiger partial charge in [-0.2, -0.15) is 11.8 Å². The summed E-state index contributed by atoms with van der Waals surface area (Å²) in [6.07, 6.45) is 0.972. The van der Waals surface area contributed by atoms with Gasteiger partial charge in [-0.15, -0.1) is 0 Å². The van der Waals surface area contributed by atoms with E-state index in [4.69, 9.17) is 9.47 Å². The third-order valence-electron chi connectivity index (χ3n) is 4.27. The molecule has 25 heavy (non-hydrogen) atoms. The lowest BCUT2D eigenvalue weighted by molar-refractivity contribution is -0.133. The average molecular weight is 357 g/mol. The summed E-state index contributed by atoms with van der Waals surface area (Å²) in [5.41, 5.74) is 1.34. The highest BCUT2D eigenvalue weighted by Crippen LogP contribution is 2.34. The molecule has 1 fully saturated rings. The number of carbonyl (C=O) groups excluding carboxylic acids is 1. The fourth-order valence-electron chi connectivity index (χ4n) is 2.88. The van der Waals surface area contributed by atoms with Crippen molar-refractivity contribution in [1.82, 2.24) is 4.90 Å². The van der Waals surface area contributed by atoms with Crippen molar-refractivity contribution in [2.24, 2.45) is 0 Å². The van der Waals surface area contributed by atoms with Crippen LogP contribution in [0.3, 0.4) is 0 Å². The van der Waals surface area contributed by atoms with Crippen molar-refractivity contribution in [2.75, 3.05) is 32.6 Å². The van der Waals surface area contributed by atoms with Crippen molar-refractivity contribution in [3.8, 4) is 11.5 Å². The minimum absolute atomic E-state index is 0.0390. The molecule has 4 nitrogen and oxygen atoms in total. The molecule has 1 aliphatic rings. The van der Waals surface area contributed by atoms with Gasteiger partial charge < -0.3 is 14.4 Å². The van der Waals surface area contributed by atoms with Crippen molar-refractivity contribution in [3.63, 3.8) is 0 Å². The van der Waals surface area contributed by atoms with Crippen molar-refractivity contribution >= 4 is 17.7 Å². The van der Waals surface area contributed by atoms with Gasteiger partial charge in [-0.05, 0) is 24.1 Å². The van der Waals surface area contributed by atoms with Gasteiger partial charge in [-0.25, -0.2) is 0 Å². The molecule has 1 amide bonds. The van der Waals surface area contributed by atoms with E-state index in [9.17, 15) is 4.79 Å². The van der Waals surface area contributed by atoms with E-state index in [0.29, 0.717) is 11.0 Å². The largest absolute Gasteiger partial charge is 0.497 e. The maximum absolute atomic E-state index is 12.5. The van der Waals surface area contributed by atoms with E-state index in [1.165, 1.54) is 5.56 Å². The van der Waals surface area contributed by atoms with Gasteiger partial charge in [0.25, 0.3) is 5.91 Å². The number of rotatable bonds is 5. The summed E-state index contributed by atoms with van der Waals surface area (Å²) in [6, 6.07) is 17.8. The van der Waals surface area contributed by atoms with Crippen LogP contribution in [0.5, 0.6) is 11.5 Å². The highest BCUT2D eigenvalue weighted by Gasteiger charge is 2.22. The second kappa shape index (κ2) is 8.81. The first-order valence-electron chi connectivity index (χ1n) is 8.47. The number of carbonyl (C=O) groups is 1. The number of ether oxygens (including phenoxy) is 2. The lowest BCUT2D eigenvalue weighted by atomic mass is 10.1. The normalized spacial score (nSPS) is 17.6. The quantitative estimate of drug-likeness (QED) is 0.816. The molecule has 1 saturated heterocycles.